The van der Waals surface area contributed by atoms with Gasteiger partial charge in [0, 0.05) is 135 Å². The van der Waals surface area contributed by atoms with E-state index in [2.05, 4.69) is 78.6 Å². The number of hydrogen-bond acceptors (Lipinski definition) is 19. The molecule has 0 atom stereocenters. The fourth-order valence-electron chi connectivity index (χ4n) is 17.3. The molecule has 0 amide bonds. The number of nitrogens with zero attached hydrogens (tertiary/aromatic N) is 4. The number of allylic oxidation sites excluding steroid dienone is 6. The summed E-state index contributed by atoms with van der Waals surface area (Å²) in [5.41, 5.74) is 22.1. The van der Waals surface area contributed by atoms with Gasteiger partial charge in [-0.05, 0) is 273 Å². The third-order valence-corrected chi connectivity index (χ3v) is 25.3. The number of pyridine rings is 4. The van der Waals surface area contributed by atoms with Crippen LogP contribution >= 0.6 is 31.9 Å². The highest BCUT2D eigenvalue weighted by Gasteiger charge is 2.31. The second-order valence-corrected chi connectivity index (χ2v) is 37.5. The van der Waals surface area contributed by atoms with Crippen LogP contribution in [0.2, 0.25) is 0 Å². The van der Waals surface area contributed by atoms with E-state index in [1.165, 1.54) is 5.56 Å². The number of ketones is 6. The summed E-state index contributed by atoms with van der Waals surface area (Å²) in [6, 6.07) is 77.6. The van der Waals surface area contributed by atoms with Crippen LogP contribution in [-0.4, -0.2) is 137 Å². The van der Waals surface area contributed by atoms with Crippen LogP contribution in [0.4, 0.5) is 0 Å². The lowest BCUT2D eigenvalue weighted by Crippen LogP contribution is -2.22. The number of methoxy groups -OCH3 is 6. The molecule has 3 saturated carbocycles. The van der Waals surface area contributed by atoms with Gasteiger partial charge in [0.05, 0.1) is 93.7 Å². The Kier molecular flexibility index (Phi) is 40.2. The minimum Gasteiger partial charge on any atom is -0.497 e. The number of para-hydroxylation sites is 4. The minimum atomic E-state index is -0.0420. The van der Waals surface area contributed by atoms with E-state index in [1.807, 2.05) is 317 Å². The Morgan fingerprint density at radius 2 is 0.600 bits per heavy atom. The Balaban J connectivity index is 0.000000146. The molecule has 3 aliphatic heterocycles. The molecular formula is C124H118Br2N4O15. The SMILES string of the molecule is CC1C/C(=C\c2ccc(Br)cc2)C(=O)/C(=C/c2ccc(Br)cc2)C1.CC1C/C(=C\c2ccccn2)C(=O)/C(=C/c2ccccn2)C1.CC1C/C(=C\c2cccnc2)C(=O)/C(=C/c2cccnc2)C1.COc1cccc(/C=C2\COC/C(=C\c3cccc(C)c3)C2=O)c1.COc1cccc(/C=C2\COC/C(=C\c3cccc(C)c3OC)C2=O)c1OC.COc1ccccc1/C=C1\COC/C(=C\c2ccccc2OC)C1=O. The standard InChI is InChI=1S/C23H24O5.C21H18Br2O.C21H20O4.C21H20O3.2C19H18N2O/c1-15-7-5-8-16(22(15)26-3)11-18-13-28-14-19(21(18)24)12-17-9-6-10-20(25-2)23(17)27-4;1-14-10-17(12-15-2-6-19(22)7-3-15)21(24)18(11-14)13-16-4-8-20(23)9-5-16;1-23-19-9-5-3-7-15(19)11-17-13-25-14-18(21(17)22)12-16-8-4-6-10-20(16)24-2;1-15-5-3-6-16(9-15)10-18-13-24-14-19(21(18)22)11-17-7-4-8-20(12-17)23-2;1-14-8-17(10-15-4-2-6-20-12-15)19(22)18(9-14)11-16-5-3-7-21-13-16;1-14-10-15(12-17-6-2-4-8-20-17)19(22)16(11-14)13-18-7-3-5-9-21-18/h5-12H,13-14H2,1-4H3;2-9,12-14H,10-11H2,1H3;3-12H,13-14H2,1-2H3;3-12H,13-14H2,1-2H3;2-7,10-14H,8-9H2,1H3;2-9,12-14H,10-11H2,1H3/b18-11+,19-12+;17-12+,18-13+;17-11+,18-12+;18-10+,19-11+;17-10+,18-11+;15-12+,16-13+. The number of hydrogen-bond donors (Lipinski definition) is 0. The Morgan fingerprint density at radius 1 is 0.276 bits per heavy atom. The zero-order valence-corrected chi connectivity index (χ0v) is 86.5. The number of aromatic nitrogens is 4. The van der Waals surface area contributed by atoms with Crippen LogP contribution < -0.4 is 28.4 Å². The summed E-state index contributed by atoms with van der Waals surface area (Å²) >= 11 is 6.89. The normalized spacial score (nSPS) is 19.7. The summed E-state index contributed by atoms with van der Waals surface area (Å²) < 4.78 is 51.2. The van der Waals surface area contributed by atoms with Crippen molar-refractivity contribution in [1.82, 2.24) is 19.9 Å². The van der Waals surface area contributed by atoms with Crippen LogP contribution in [-0.2, 0) is 43.0 Å². The van der Waals surface area contributed by atoms with Gasteiger partial charge in [-0.3, -0.25) is 48.7 Å². The molecule has 0 bridgehead atoms. The lowest BCUT2D eigenvalue weighted by molar-refractivity contribution is -0.115. The zero-order chi connectivity index (χ0) is 103. The first kappa shape index (κ1) is 107. The molecule has 4 aromatic heterocycles. The molecular weight excluding hydrogens is 1950 g/mol. The van der Waals surface area contributed by atoms with Crippen molar-refractivity contribution in [2.75, 3.05) is 82.3 Å². The lowest BCUT2D eigenvalue weighted by Gasteiger charge is -2.22. The fraction of sp³-hybridized carbons (Fsp3) is 0.210. The number of ether oxygens (including phenoxy) is 9. The van der Waals surface area contributed by atoms with Crippen molar-refractivity contribution in [2.45, 2.75) is 73.1 Å². The molecule has 21 heteroatoms. The van der Waals surface area contributed by atoms with Crippen LogP contribution in [0.15, 0.2) is 356 Å². The minimum absolute atomic E-state index is 0.0111. The van der Waals surface area contributed by atoms with Crippen molar-refractivity contribution in [2.24, 2.45) is 17.8 Å². The molecule has 0 unspecified atom stereocenters. The summed E-state index contributed by atoms with van der Waals surface area (Å²) in [4.78, 5) is 93.6. The molecule has 145 heavy (non-hydrogen) atoms. The van der Waals surface area contributed by atoms with Gasteiger partial charge in [0.15, 0.2) is 46.2 Å². The topological polar surface area (TPSA) is 237 Å². The van der Waals surface area contributed by atoms with E-state index >= 15 is 0 Å². The summed E-state index contributed by atoms with van der Waals surface area (Å²) in [5, 5.41) is 0. The maximum Gasteiger partial charge on any atom is 0.189 e. The number of halogens is 2. The van der Waals surface area contributed by atoms with Crippen molar-refractivity contribution < 1.29 is 71.4 Å². The van der Waals surface area contributed by atoms with Crippen LogP contribution in [0.3, 0.4) is 0 Å². The molecule has 7 heterocycles. The molecule has 0 spiro atoms. The van der Waals surface area contributed by atoms with E-state index in [9.17, 15) is 28.8 Å². The van der Waals surface area contributed by atoms with Gasteiger partial charge < -0.3 is 42.6 Å². The highest BCUT2D eigenvalue weighted by molar-refractivity contribution is 9.10. The summed E-state index contributed by atoms with van der Waals surface area (Å²) in [5.74, 6) is 6.00. The quantitative estimate of drug-likeness (QED) is 0.0726. The third kappa shape index (κ3) is 31.5. The molecule has 12 aromatic rings. The second kappa shape index (κ2) is 54.4. The van der Waals surface area contributed by atoms with Crippen LogP contribution in [0.25, 0.3) is 72.9 Å². The molecule has 3 saturated heterocycles. The van der Waals surface area contributed by atoms with E-state index in [1.54, 1.807) is 85.9 Å². The van der Waals surface area contributed by atoms with Crippen molar-refractivity contribution in [3.63, 3.8) is 0 Å². The van der Waals surface area contributed by atoms with Gasteiger partial charge in [-0.25, -0.2) is 0 Å². The molecule has 738 valence electrons. The van der Waals surface area contributed by atoms with E-state index in [0.29, 0.717) is 89.1 Å². The monoisotopic (exact) mass is 2060 g/mol. The number of benzene rings is 8. The van der Waals surface area contributed by atoms with Gasteiger partial charge in [-0.1, -0.05) is 210 Å². The lowest BCUT2D eigenvalue weighted by atomic mass is 9.81. The first-order chi connectivity index (χ1) is 70.4. The Bertz CT molecular complexity index is 6600. The summed E-state index contributed by atoms with van der Waals surface area (Å²) in [6.45, 7) is 12.4. The molecule has 0 radical (unpaired) electrons. The Hall–Kier alpha value is -15.1. The smallest absolute Gasteiger partial charge is 0.189 e. The molecule has 6 aliphatic rings. The van der Waals surface area contributed by atoms with Gasteiger partial charge in [-0.15, -0.1) is 0 Å². The molecule has 0 N–H and O–H groups in total. The molecule has 3 aliphatic carbocycles. The number of Topliss-reactive ketones (excluding diaryl/α,β-unsaturated/α-hetero) is 6. The maximum absolute atomic E-state index is 13.0. The zero-order valence-electron chi connectivity index (χ0n) is 83.4. The predicted molar refractivity (Wildman–Crippen MR) is 586 cm³/mol. The van der Waals surface area contributed by atoms with Gasteiger partial charge in [-0.2, -0.15) is 0 Å². The molecule has 19 nitrogen and oxygen atoms in total. The maximum atomic E-state index is 13.0. The van der Waals surface area contributed by atoms with E-state index in [4.69, 9.17) is 42.6 Å². The predicted octanol–water partition coefficient (Wildman–Crippen LogP) is 26.5. The van der Waals surface area contributed by atoms with Crippen LogP contribution in [0.1, 0.15) is 137 Å². The van der Waals surface area contributed by atoms with Gasteiger partial charge >= 0.3 is 0 Å². The number of carbonyl (C=O) groups excluding carboxylic acids is 6. The highest BCUT2D eigenvalue weighted by Crippen LogP contribution is 2.39. The van der Waals surface area contributed by atoms with Crippen molar-refractivity contribution in [1.29, 1.82) is 0 Å². The van der Waals surface area contributed by atoms with Gasteiger partial charge in [0.2, 0.25) is 0 Å². The second-order valence-electron chi connectivity index (χ2n) is 35.7. The average molecular weight is 2060 g/mol. The highest BCUT2D eigenvalue weighted by atomic mass is 79.9. The number of carbonyl (C=O) groups is 6. The van der Waals surface area contributed by atoms with E-state index < -0.39 is 0 Å². The van der Waals surface area contributed by atoms with Crippen molar-refractivity contribution >= 4 is 139 Å². The van der Waals surface area contributed by atoms with Gasteiger partial charge in [0.25, 0.3) is 0 Å². The fourth-order valence-corrected chi connectivity index (χ4v) is 17.8. The Labute approximate surface area is 866 Å². The van der Waals surface area contributed by atoms with Crippen molar-refractivity contribution in [3.8, 4) is 34.5 Å². The number of rotatable bonds is 18. The van der Waals surface area contributed by atoms with Crippen LogP contribution in [0, 0.1) is 31.6 Å². The van der Waals surface area contributed by atoms with Gasteiger partial charge in [0.1, 0.15) is 23.0 Å². The molecule has 18 rings (SSSR count). The molecule has 8 aromatic carbocycles. The van der Waals surface area contributed by atoms with Crippen LogP contribution in [0.5, 0.6) is 34.5 Å². The first-order valence-electron chi connectivity index (χ1n) is 47.9. The Morgan fingerprint density at radius 3 is 0.979 bits per heavy atom. The molecule has 6 fully saturated rings. The summed E-state index contributed by atoms with van der Waals surface area (Å²) in [6.07, 6.45) is 38.3. The number of aryl methyl sites for hydroxylation is 2. The van der Waals surface area contributed by atoms with E-state index in [-0.39, 0.29) is 47.9 Å². The average Bonchev–Trinajstić information content (AvgIpc) is 0.809. The van der Waals surface area contributed by atoms with Crippen molar-refractivity contribution in [3.05, 3.63) is 434 Å². The largest absolute Gasteiger partial charge is 0.497 e. The van der Waals surface area contributed by atoms with E-state index in [0.717, 1.165) is 176 Å². The summed E-state index contributed by atoms with van der Waals surface area (Å²) in [7, 11) is 9.65. The third-order valence-electron chi connectivity index (χ3n) is 24.2. The first-order valence-corrected chi connectivity index (χ1v) is 49.4.